The fourth-order valence-electron chi connectivity index (χ4n) is 11.3. The van der Waals surface area contributed by atoms with E-state index in [0.29, 0.717) is 61.2 Å². The summed E-state index contributed by atoms with van der Waals surface area (Å²) >= 11 is 6.70. The summed E-state index contributed by atoms with van der Waals surface area (Å²) in [4.78, 5) is 72.3. The highest BCUT2D eigenvalue weighted by Gasteiger charge is 2.50. The largest absolute Gasteiger partial charge is 0.495 e. The maximum atomic E-state index is 16.2. The zero-order chi connectivity index (χ0) is 50.1. The monoisotopic (exact) mass is 995 g/mol. The van der Waals surface area contributed by atoms with E-state index in [9.17, 15) is 24.0 Å². The average Bonchev–Trinajstić information content (AvgIpc) is 3.66. The number of carbonyl (C=O) groups excluding carboxylic acids is 5. The molecule has 4 N–H and O–H groups in total. The van der Waals surface area contributed by atoms with Crippen molar-refractivity contribution >= 4 is 46.9 Å². The van der Waals surface area contributed by atoms with E-state index in [1.165, 1.54) is 37.3 Å². The number of nitrogens with two attached hydrogens (primary N) is 1. The number of rotatable bonds is 13. The lowest BCUT2D eigenvalue weighted by Crippen LogP contribution is -2.51. The number of imide groups is 1. The van der Waals surface area contributed by atoms with E-state index < -0.39 is 35.1 Å². The van der Waals surface area contributed by atoms with Crippen LogP contribution < -0.4 is 35.5 Å². The topological polar surface area (TPSA) is 176 Å². The molecule has 0 radical (unpaired) electrons. The maximum Gasteiger partial charge on any atom is 0.328 e. The van der Waals surface area contributed by atoms with Crippen LogP contribution in [0, 0.1) is 23.5 Å². The van der Waals surface area contributed by atoms with Crippen molar-refractivity contribution in [2.75, 3.05) is 78.0 Å². The van der Waals surface area contributed by atoms with E-state index in [4.69, 9.17) is 31.5 Å². The van der Waals surface area contributed by atoms with Gasteiger partial charge in [-0.15, -0.1) is 0 Å². The molecular formula is C53H60ClF2N7O8. The normalized spacial score (nSPS) is 23.0. The lowest BCUT2D eigenvalue weighted by Gasteiger charge is -2.40. The smallest absolute Gasteiger partial charge is 0.328 e. The van der Waals surface area contributed by atoms with Gasteiger partial charge >= 0.3 is 6.03 Å². The Hall–Kier alpha value is -6.30. The molecule has 5 aliphatic rings. The molecule has 4 fully saturated rings. The quantitative estimate of drug-likeness (QED) is 0.126. The van der Waals surface area contributed by atoms with Gasteiger partial charge in [0.15, 0.2) is 17.2 Å². The Kier molecular flexibility index (Phi) is 14.6. The number of anilines is 1. The second-order valence-corrected chi connectivity index (χ2v) is 19.7. The minimum Gasteiger partial charge on any atom is -0.495 e. The molecule has 6 amide bonds. The number of methoxy groups -OCH3 is 2. The molecule has 0 bridgehead atoms. The summed E-state index contributed by atoms with van der Waals surface area (Å²) in [6, 6.07) is 18.0. The molecular weight excluding hydrogens is 936 g/mol. The van der Waals surface area contributed by atoms with Crippen LogP contribution in [0.4, 0.5) is 19.3 Å². The van der Waals surface area contributed by atoms with Gasteiger partial charge in [-0.3, -0.25) is 34.3 Å². The van der Waals surface area contributed by atoms with Gasteiger partial charge in [-0.1, -0.05) is 48.9 Å². The first-order valence-electron chi connectivity index (χ1n) is 24.5. The summed E-state index contributed by atoms with van der Waals surface area (Å²) in [7, 11) is 2.79. The zero-order valence-corrected chi connectivity index (χ0v) is 41.0. The fraction of sp³-hybridized carbons (Fsp3) is 0.453. The van der Waals surface area contributed by atoms with Crippen LogP contribution in [0.2, 0.25) is 5.02 Å². The first kappa shape index (κ1) is 49.7. The molecule has 1 aliphatic carbocycles. The molecule has 4 heterocycles. The Labute approximate surface area is 416 Å². The number of primary amides is 1. The molecule has 2 atom stereocenters. The van der Waals surface area contributed by atoms with Gasteiger partial charge in [-0.05, 0) is 80.3 Å². The van der Waals surface area contributed by atoms with Crippen molar-refractivity contribution in [1.82, 2.24) is 25.3 Å². The summed E-state index contributed by atoms with van der Waals surface area (Å²) < 4.78 is 49.5. The van der Waals surface area contributed by atoms with Gasteiger partial charge < -0.3 is 35.1 Å². The number of piperazine rings is 1. The number of ether oxygens (including phenoxy) is 3. The lowest BCUT2D eigenvalue weighted by molar-refractivity contribution is -0.138. The second-order valence-electron chi connectivity index (χ2n) is 19.3. The molecule has 376 valence electrons. The van der Waals surface area contributed by atoms with Crippen LogP contribution in [0.25, 0.3) is 11.1 Å². The van der Waals surface area contributed by atoms with E-state index in [0.717, 1.165) is 63.7 Å². The van der Waals surface area contributed by atoms with E-state index in [-0.39, 0.29) is 75.9 Å². The van der Waals surface area contributed by atoms with Crippen LogP contribution >= 0.6 is 11.6 Å². The molecule has 4 aliphatic heterocycles. The van der Waals surface area contributed by atoms with Crippen LogP contribution in [0.5, 0.6) is 17.2 Å². The third-order valence-corrected chi connectivity index (χ3v) is 15.7. The number of nitrogens with one attached hydrogen (secondary N) is 2. The lowest BCUT2D eigenvalue weighted by atomic mass is 9.77. The van der Waals surface area contributed by atoms with E-state index >= 15 is 8.78 Å². The molecule has 9 rings (SSSR count). The predicted octanol–water partition coefficient (Wildman–Crippen LogP) is 7.08. The minimum absolute atomic E-state index is 0.0120. The molecule has 4 aromatic rings. The first-order chi connectivity index (χ1) is 34.2. The SMILES string of the molecule is COc1ccc(C(=O)N2CCN(CC3CCN(C(=O)C4CCC(NC[C@]5(c6ccccc6)Oc6cc(F)c(Cl)c(-c7c(C(N)=O)ccc(OC)c7F)c6[C@@H]5C)CC4)CC3)CC2)cc1N1CCC(=O)NC1=O. The fourth-order valence-corrected chi connectivity index (χ4v) is 11.6. The van der Waals surface area contributed by atoms with Gasteiger partial charge in [0.2, 0.25) is 17.7 Å². The minimum atomic E-state index is -1.08. The summed E-state index contributed by atoms with van der Waals surface area (Å²) in [5.74, 6) is -2.58. The summed E-state index contributed by atoms with van der Waals surface area (Å²) in [6.45, 7) is 7.38. The summed E-state index contributed by atoms with van der Waals surface area (Å²) in [5.41, 5.74) is 6.37. The number of likely N-dealkylation sites (tertiary alicyclic amines) is 1. The Morgan fingerprint density at radius 3 is 2.20 bits per heavy atom. The predicted molar refractivity (Wildman–Crippen MR) is 263 cm³/mol. The van der Waals surface area contributed by atoms with Gasteiger partial charge in [0.1, 0.15) is 17.3 Å². The number of fused-ring (bicyclic) bond motifs is 1. The average molecular weight is 997 g/mol. The van der Waals surface area contributed by atoms with E-state index in [1.54, 1.807) is 18.2 Å². The van der Waals surface area contributed by atoms with Crippen LogP contribution in [-0.4, -0.2) is 124 Å². The molecule has 0 spiro atoms. The molecule has 0 unspecified atom stereocenters. The van der Waals surface area contributed by atoms with Gasteiger partial charge in [0, 0.05) is 112 Å². The number of hydrogen-bond donors (Lipinski definition) is 3. The van der Waals surface area contributed by atoms with Crippen molar-refractivity contribution in [3.63, 3.8) is 0 Å². The number of halogens is 3. The number of urea groups is 1. The molecule has 15 nitrogen and oxygen atoms in total. The number of benzene rings is 4. The van der Waals surface area contributed by atoms with Crippen LogP contribution in [0.15, 0.2) is 66.7 Å². The highest BCUT2D eigenvalue weighted by molar-refractivity contribution is 6.34. The Morgan fingerprint density at radius 2 is 1.54 bits per heavy atom. The third kappa shape index (κ3) is 9.75. The molecule has 1 saturated carbocycles. The molecule has 3 saturated heterocycles. The zero-order valence-electron chi connectivity index (χ0n) is 40.2. The highest BCUT2D eigenvalue weighted by Crippen LogP contribution is 2.56. The third-order valence-electron chi connectivity index (χ3n) is 15.4. The molecule has 4 aromatic carbocycles. The molecule has 18 heteroatoms. The van der Waals surface area contributed by atoms with E-state index in [1.807, 2.05) is 47.1 Å². The van der Waals surface area contributed by atoms with Crippen molar-refractivity contribution in [2.45, 2.75) is 69.4 Å². The number of piperidine rings is 1. The van der Waals surface area contributed by atoms with Gasteiger partial charge in [-0.25, -0.2) is 13.6 Å². The van der Waals surface area contributed by atoms with Crippen LogP contribution in [0.3, 0.4) is 0 Å². The maximum absolute atomic E-state index is 16.2. The van der Waals surface area contributed by atoms with Crippen molar-refractivity contribution in [1.29, 1.82) is 0 Å². The first-order valence-corrected chi connectivity index (χ1v) is 24.8. The highest BCUT2D eigenvalue weighted by atomic mass is 35.5. The number of nitrogens with zero attached hydrogens (tertiary/aromatic N) is 4. The van der Waals surface area contributed by atoms with Crippen LogP contribution in [-0.2, 0) is 15.2 Å². The number of amides is 6. The van der Waals surface area contributed by atoms with Gasteiger partial charge in [0.25, 0.3) is 5.91 Å². The standard InChI is InChI=1S/C53H60ClF2N7O8/c1-31-44-42(28-38(55)47(54)46(44)45-37(49(57)65)14-16-41(70-3)48(45)56)71-53(31,35-7-5-4-6-8-35)30-58-36-12-9-33(10-13-36)50(66)61-20-17-32(18-21-61)29-60-23-25-62(26-24-60)51(67)34-11-15-40(69-2)39(27-34)63-22-19-43(64)59-52(63)68/h4-8,11,14-16,27-28,31-33,36,58H,9-10,12-13,17-26,29-30H2,1-3H3,(H2,57,65)(H,59,64,68)/t31-,33?,36?,53-/m0/s1. The van der Waals surface area contributed by atoms with Gasteiger partial charge in [-0.2, -0.15) is 0 Å². The summed E-state index contributed by atoms with van der Waals surface area (Å²) in [5, 5.41) is 5.70. The van der Waals surface area contributed by atoms with Crippen molar-refractivity contribution in [3.8, 4) is 28.4 Å². The Balaban J connectivity index is 0.777. The Bertz CT molecular complexity index is 2710. The number of carbonyl (C=O) groups is 5. The van der Waals surface area contributed by atoms with Crippen molar-refractivity contribution in [3.05, 3.63) is 106 Å². The van der Waals surface area contributed by atoms with Crippen molar-refractivity contribution < 1.29 is 47.0 Å². The summed E-state index contributed by atoms with van der Waals surface area (Å²) in [6.07, 6.45) is 5.00. The van der Waals surface area contributed by atoms with Crippen molar-refractivity contribution in [2.24, 2.45) is 17.6 Å². The molecule has 71 heavy (non-hydrogen) atoms. The van der Waals surface area contributed by atoms with Gasteiger partial charge in [0.05, 0.1) is 30.5 Å². The number of hydrogen-bond acceptors (Lipinski definition) is 10. The van der Waals surface area contributed by atoms with E-state index in [2.05, 4.69) is 15.5 Å². The Morgan fingerprint density at radius 1 is 0.845 bits per heavy atom. The second kappa shape index (κ2) is 20.8. The van der Waals surface area contributed by atoms with Crippen LogP contribution in [0.1, 0.15) is 89.6 Å². The molecule has 0 aromatic heterocycles.